The molecule has 0 aliphatic carbocycles. The van der Waals surface area contributed by atoms with Gasteiger partial charge in [0.25, 0.3) is 5.91 Å². The van der Waals surface area contributed by atoms with E-state index in [9.17, 15) is 31.5 Å². The zero-order chi connectivity index (χ0) is 23.1. The Hall–Kier alpha value is -2.97. The Kier molecular flexibility index (Phi) is 8.94. The van der Waals surface area contributed by atoms with Crippen LogP contribution in [0.2, 0.25) is 0 Å². The van der Waals surface area contributed by atoms with Crippen molar-refractivity contribution in [1.29, 1.82) is 0 Å². The van der Waals surface area contributed by atoms with E-state index in [2.05, 4.69) is 10.6 Å². The lowest BCUT2D eigenvalue weighted by atomic mass is 10.0. The highest BCUT2D eigenvalue weighted by Gasteiger charge is 2.33. The summed E-state index contributed by atoms with van der Waals surface area (Å²) < 4.78 is 65.1. The molecule has 0 spiro atoms. The number of likely N-dealkylation sites (N-methyl/N-ethyl adjacent to an activating group) is 1. The summed E-state index contributed by atoms with van der Waals surface area (Å²) in [5.74, 6) is -3.71. The van der Waals surface area contributed by atoms with Gasteiger partial charge in [-0.05, 0) is 49.6 Å². The zero-order valence-corrected chi connectivity index (χ0v) is 17.0. The van der Waals surface area contributed by atoms with Crippen LogP contribution in [0.15, 0.2) is 47.1 Å². The minimum absolute atomic E-state index is 0.00378. The molecular weight excluding hydrogens is 407 g/mol. The van der Waals surface area contributed by atoms with Crippen molar-refractivity contribution in [3.05, 3.63) is 64.3 Å². The van der Waals surface area contributed by atoms with Crippen molar-refractivity contribution in [2.24, 2.45) is 0 Å². The summed E-state index contributed by atoms with van der Waals surface area (Å²) in [6.45, 7) is 3.49. The van der Waals surface area contributed by atoms with Gasteiger partial charge in [0.1, 0.15) is 0 Å². The fourth-order valence-electron chi connectivity index (χ4n) is 2.41. The summed E-state index contributed by atoms with van der Waals surface area (Å²) in [5, 5.41) is 4.77. The lowest BCUT2D eigenvalue weighted by Gasteiger charge is -2.13. The van der Waals surface area contributed by atoms with Gasteiger partial charge in [-0.15, -0.1) is 0 Å². The maximum Gasteiger partial charge on any atom is 0.412 e. The summed E-state index contributed by atoms with van der Waals surface area (Å²) in [5.41, 5.74) is -0.972. The van der Waals surface area contributed by atoms with Crippen molar-refractivity contribution in [2.75, 3.05) is 13.6 Å². The average molecular weight is 430 g/mol. The van der Waals surface area contributed by atoms with E-state index in [1.165, 1.54) is 19.2 Å². The Morgan fingerprint density at radius 2 is 1.70 bits per heavy atom. The van der Waals surface area contributed by atoms with Crippen molar-refractivity contribution < 1.29 is 31.5 Å². The molecule has 0 unspecified atom stereocenters. The van der Waals surface area contributed by atoms with Gasteiger partial charge in [-0.2, -0.15) is 13.2 Å². The first kappa shape index (κ1) is 25.1. The largest absolute Gasteiger partial charge is 0.412 e. The molecule has 0 atom stereocenters. The molecule has 0 aliphatic heterocycles. The molecule has 0 saturated carbocycles. The highest BCUT2D eigenvalue weighted by Crippen LogP contribution is 2.27. The Labute approximate surface area is 171 Å². The fraction of sp³-hybridized carbons (Fsp3) is 0.333. The molecule has 30 heavy (non-hydrogen) atoms. The van der Waals surface area contributed by atoms with Gasteiger partial charge in [0.05, 0.1) is 0 Å². The molecule has 0 heterocycles. The molecule has 0 bridgehead atoms. The van der Waals surface area contributed by atoms with Crippen LogP contribution in [-0.2, 0) is 9.59 Å². The monoisotopic (exact) mass is 430 g/mol. The molecule has 1 rings (SSSR count). The highest BCUT2D eigenvalue weighted by atomic mass is 19.4. The number of alkyl halides is 3. The summed E-state index contributed by atoms with van der Waals surface area (Å²) in [6.07, 6.45) is -1.11. The number of rotatable bonds is 7. The molecule has 0 fully saturated rings. The number of nitrogens with one attached hydrogen (secondary N) is 2. The van der Waals surface area contributed by atoms with Crippen LogP contribution in [0, 0.1) is 11.6 Å². The van der Waals surface area contributed by atoms with Gasteiger partial charge in [0.15, 0.2) is 11.6 Å². The first-order valence-electron chi connectivity index (χ1n) is 9.03. The van der Waals surface area contributed by atoms with Crippen molar-refractivity contribution in [2.45, 2.75) is 33.4 Å². The Morgan fingerprint density at radius 3 is 2.20 bits per heavy atom. The second kappa shape index (κ2) is 10.7. The van der Waals surface area contributed by atoms with Crippen LogP contribution in [0.5, 0.6) is 0 Å². The lowest BCUT2D eigenvalue weighted by Crippen LogP contribution is -2.28. The molecule has 4 nitrogen and oxygen atoms in total. The first-order chi connectivity index (χ1) is 13.9. The summed E-state index contributed by atoms with van der Waals surface area (Å²) in [7, 11) is 1.36. The normalized spacial score (nSPS) is 13.6. The standard InChI is InChI=1S/C21H23F5N2O2/c1-5-6-14(11-28-19(29)12(2)13(3)21(24,25)26)9-16(20(30)27-4)15-7-8-17(22)18(23)10-15/h6-10H,5,11H2,1-4H3,(H,27,30)(H,28,29)/b13-12+,14-6-,16-9-. The quantitative estimate of drug-likeness (QED) is 0.382. The fourth-order valence-corrected chi connectivity index (χ4v) is 2.41. The molecular formula is C21H23F5N2O2. The van der Waals surface area contributed by atoms with E-state index in [4.69, 9.17) is 0 Å². The number of carbonyl (C=O) groups excluding carboxylic acids is 2. The van der Waals surface area contributed by atoms with Gasteiger partial charge in [-0.25, -0.2) is 8.78 Å². The molecule has 1 aromatic carbocycles. The van der Waals surface area contributed by atoms with Crippen LogP contribution in [0.1, 0.15) is 32.8 Å². The van der Waals surface area contributed by atoms with E-state index in [0.717, 1.165) is 26.0 Å². The van der Waals surface area contributed by atoms with Crippen molar-refractivity contribution in [3.63, 3.8) is 0 Å². The zero-order valence-electron chi connectivity index (χ0n) is 17.0. The average Bonchev–Trinajstić information content (AvgIpc) is 2.69. The van der Waals surface area contributed by atoms with Gasteiger partial charge in [0.2, 0.25) is 5.91 Å². The van der Waals surface area contributed by atoms with Gasteiger partial charge < -0.3 is 10.6 Å². The van der Waals surface area contributed by atoms with E-state index >= 15 is 0 Å². The summed E-state index contributed by atoms with van der Waals surface area (Å²) >= 11 is 0. The minimum atomic E-state index is -4.62. The van der Waals surface area contributed by atoms with E-state index in [0.29, 0.717) is 12.0 Å². The predicted octanol–water partition coefficient (Wildman–Crippen LogP) is 4.45. The summed E-state index contributed by atoms with van der Waals surface area (Å²) in [6, 6.07) is 2.96. The summed E-state index contributed by atoms with van der Waals surface area (Å²) in [4.78, 5) is 24.3. The van der Waals surface area contributed by atoms with E-state index in [-0.39, 0.29) is 17.7 Å². The molecule has 0 radical (unpaired) electrons. The molecule has 0 saturated heterocycles. The molecule has 0 aromatic heterocycles. The molecule has 1 aromatic rings. The third-order valence-electron chi connectivity index (χ3n) is 4.28. The Morgan fingerprint density at radius 1 is 1.07 bits per heavy atom. The number of hydrogen-bond acceptors (Lipinski definition) is 2. The highest BCUT2D eigenvalue weighted by molar-refractivity contribution is 6.19. The third kappa shape index (κ3) is 6.82. The SMILES string of the molecule is CC/C=C(/C=C(\C(=O)NC)c1ccc(F)c(F)c1)CNC(=O)/C(C)=C(\C)C(F)(F)F. The number of halogens is 5. The van der Waals surface area contributed by atoms with Crippen LogP contribution in [0.3, 0.4) is 0 Å². The lowest BCUT2D eigenvalue weighted by molar-refractivity contribution is -0.119. The van der Waals surface area contributed by atoms with Crippen LogP contribution in [0.4, 0.5) is 22.0 Å². The number of allylic oxidation sites excluding steroid dienone is 2. The third-order valence-corrected chi connectivity index (χ3v) is 4.28. The van der Waals surface area contributed by atoms with E-state index < -0.39 is 40.8 Å². The predicted molar refractivity (Wildman–Crippen MR) is 104 cm³/mol. The molecule has 9 heteroatoms. The maximum absolute atomic E-state index is 13.6. The smallest absolute Gasteiger partial charge is 0.355 e. The van der Waals surface area contributed by atoms with Crippen LogP contribution in [0.25, 0.3) is 5.57 Å². The Bertz CT molecular complexity index is 899. The van der Waals surface area contributed by atoms with Gasteiger partial charge in [0, 0.05) is 30.3 Å². The topological polar surface area (TPSA) is 58.2 Å². The number of benzene rings is 1. The number of carbonyl (C=O) groups is 2. The molecule has 2 N–H and O–H groups in total. The van der Waals surface area contributed by atoms with Gasteiger partial charge >= 0.3 is 6.18 Å². The van der Waals surface area contributed by atoms with Gasteiger partial charge in [-0.1, -0.05) is 19.1 Å². The molecule has 164 valence electrons. The second-order valence-electron chi connectivity index (χ2n) is 6.38. The van der Waals surface area contributed by atoms with Crippen molar-refractivity contribution in [1.82, 2.24) is 10.6 Å². The molecule has 2 amide bonds. The Balaban J connectivity index is 3.22. The van der Waals surface area contributed by atoms with E-state index in [1.54, 1.807) is 13.0 Å². The van der Waals surface area contributed by atoms with Crippen molar-refractivity contribution >= 4 is 17.4 Å². The van der Waals surface area contributed by atoms with Crippen LogP contribution >= 0.6 is 0 Å². The van der Waals surface area contributed by atoms with Gasteiger partial charge in [-0.3, -0.25) is 9.59 Å². The minimum Gasteiger partial charge on any atom is -0.355 e. The second-order valence-corrected chi connectivity index (χ2v) is 6.38. The van der Waals surface area contributed by atoms with Crippen molar-refractivity contribution in [3.8, 4) is 0 Å². The number of amides is 2. The maximum atomic E-state index is 13.6. The van der Waals surface area contributed by atoms with E-state index in [1.807, 2.05) is 0 Å². The first-order valence-corrected chi connectivity index (χ1v) is 9.03. The number of hydrogen-bond donors (Lipinski definition) is 2. The van der Waals surface area contributed by atoms with Crippen LogP contribution < -0.4 is 10.6 Å². The van der Waals surface area contributed by atoms with Crippen LogP contribution in [-0.4, -0.2) is 31.6 Å². The molecule has 0 aliphatic rings.